The van der Waals surface area contributed by atoms with Crippen molar-refractivity contribution in [2.24, 2.45) is 11.8 Å². The number of carbonyl (C=O) groups excluding carboxylic acids is 2. The minimum atomic E-state index is -0.914. The van der Waals surface area contributed by atoms with Crippen molar-refractivity contribution in [3.63, 3.8) is 0 Å². The first-order chi connectivity index (χ1) is 31.4. The molecule has 2 N–H and O–H groups in total. The van der Waals surface area contributed by atoms with Gasteiger partial charge in [-0.15, -0.1) is 0 Å². The number of nitro groups is 2. The third kappa shape index (κ3) is 9.71. The zero-order chi connectivity index (χ0) is 45.8. The van der Waals surface area contributed by atoms with Gasteiger partial charge in [0.1, 0.15) is 0 Å². The summed E-state index contributed by atoms with van der Waals surface area (Å²) in [4.78, 5) is 99.3. The topological polar surface area (TPSA) is 238 Å². The second-order valence-electron chi connectivity index (χ2n) is 15.9. The number of benzene rings is 4. The largest absolute Gasteiger partial charge is 0.481 e. The fourth-order valence-electron chi connectivity index (χ4n) is 8.47. The summed E-state index contributed by atoms with van der Waals surface area (Å²) in [6, 6.07) is 16.1. The number of carboxylic acids is 2. The molecule has 8 rings (SSSR count). The molecular formula is C46H42N4O14S. The molecule has 4 aromatic rings. The molecule has 19 heteroatoms. The lowest BCUT2D eigenvalue weighted by Crippen LogP contribution is -2.39. The summed E-state index contributed by atoms with van der Waals surface area (Å²) in [5.74, 6) is -2.83. The van der Waals surface area contributed by atoms with Gasteiger partial charge in [-0.25, -0.2) is 0 Å². The molecule has 2 fully saturated rings. The lowest BCUT2D eigenvalue weighted by Gasteiger charge is -2.29. The molecule has 0 atom stereocenters. The van der Waals surface area contributed by atoms with Gasteiger partial charge in [0.15, 0.2) is 11.5 Å². The molecule has 4 aromatic carbocycles. The van der Waals surface area contributed by atoms with E-state index in [4.69, 9.17) is 19.6 Å². The van der Waals surface area contributed by atoms with Crippen molar-refractivity contribution in [3.8, 4) is 33.8 Å². The molecule has 2 saturated heterocycles. The Morgan fingerprint density at radius 3 is 1.38 bits per heavy atom. The summed E-state index contributed by atoms with van der Waals surface area (Å²) in [6.07, 6.45) is 7.65. The Kier molecular flexibility index (Phi) is 13.2. The number of nitrogens with zero attached hydrogens (tertiary/aromatic N) is 4. The average Bonchev–Trinajstić information content (AvgIpc) is 3.32. The van der Waals surface area contributed by atoms with E-state index in [-0.39, 0.29) is 83.5 Å². The van der Waals surface area contributed by atoms with E-state index in [1.165, 1.54) is 46.2 Å². The summed E-state index contributed by atoms with van der Waals surface area (Å²) in [6.45, 7) is 1.45. The minimum Gasteiger partial charge on any atom is -0.481 e. The predicted octanol–water partition coefficient (Wildman–Crippen LogP) is 7.39. The molecule has 0 bridgehead atoms. The van der Waals surface area contributed by atoms with Gasteiger partial charge in [0.25, 0.3) is 11.4 Å². The van der Waals surface area contributed by atoms with Gasteiger partial charge in [-0.05, 0) is 96.5 Å². The second-order valence-corrected chi connectivity index (χ2v) is 17.0. The average molecular weight is 907 g/mol. The van der Waals surface area contributed by atoms with Crippen molar-refractivity contribution in [3.05, 3.63) is 115 Å². The number of carbonyl (C=O) groups is 4. The number of carboxylic acid groups (broad SMARTS) is 2. The van der Waals surface area contributed by atoms with E-state index >= 15 is 0 Å². The summed E-state index contributed by atoms with van der Waals surface area (Å²) in [5.41, 5.74) is 2.47. The Morgan fingerprint density at radius 1 is 0.615 bits per heavy atom. The van der Waals surface area contributed by atoms with Gasteiger partial charge in [-0.3, -0.25) is 39.4 Å². The van der Waals surface area contributed by atoms with Gasteiger partial charge in [-0.2, -0.15) is 9.78 Å². The highest BCUT2D eigenvalue weighted by atomic mass is 32.2. The fourth-order valence-corrected chi connectivity index (χ4v) is 9.52. The van der Waals surface area contributed by atoms with E-state index in [2.05, 4.69) is 0 Å². The zero-order valence-electron chi connectivity index (χ0n) is 34.7. The van der Waals surface area contributed by atoms with E-state index in [0.717, 1.165) is 22.9 Å². The molecule has 65 heavy (non-hydrogen) atoms. The number of fused-ring (bicyclic) bond motifs is 2. The van der Waals surface area contributed by atoms with Crippen LogP contribution in [0.4, 0.5) is 11.4 Å². The van der Waals surface area contributed by atoms with Crippen molar-refractivity contribution in [2.75, 3.05) is 39.4 Å². The van der Waals surface area contributed by atoms with Crippen LogP contribution in [0.3, 0.4) is 0 Å². The lowest BCUT2D eigenvalue weighted by atomic mass is 9.94. The van der Waals surface area contributed by atoms with E-state index in [1.54, 1.807) is 48.5 Å². The molecule has 4 aliphatic heterocycles. The number of rotatable bonds is 12. The summed E-state index contributed by atoms with van der Waals surface area (Å²) in [5, 5.41) is 45.5. The molecule has 4 aliphatic rings. The Hall–Kier alpha value is -7.09. The van der Waals surface area contributed by atoms with Crippen LogP contribution in [0.15, 0.2) is 82.6 Å². The third-order valence-electron chi connectivity index (χ3n) is 12.0. The van der Waals surface area contributed by atoms with Gasteiger partial charge in [0, 0.05) is 62.3 Å². The smallest absolute Gasteiger partial charge is 0.306 e. The third-order valence-corrected chi connectivity index (χ3v) is 13.1. The number of hydrogen-bond donors (Lipinski definition) is 2. The highest BCUT2D eigenvalue weighted by Crippen LogP contribution is 2.49. The molecule has 0 unspecified atom stereocenters. The highest BCUT2D eigenvalue weighted by Gasteiger charge is 2.32. The normalized spacial score (nSPS) is 16.7. The number of likely N-dealkylation sites (tertiary alicyclic amines) is 2. The first-order valence-electron chi connectivity index (χ1n) is 20.9. The number of amides is 2. The van der Waals surface area contributed by atoms with Gasteiger partial charge in [0.05, 0.1) is 55.8 Å². The Bertz CT molecular complexity index is 2470. The molecule has 0 spiro atoms. The monoisotopic (exact) mass is 906 g/mol. The van der Waals surface area contributed by atoms with Crippen molar-refractivity contribution >= 4 is 59.0 Å². The molecule has 18 nitrogen and oxygen atoms in total. The quantitative estimate of drug-likeness (QED) is 0.0610. The van der Waals surface area contributed by atoms with Crippen molar-refractivity contribution < 1.29 is 58.8 Å². The van der Waals surface area contributed by atoms with Crippen LogP contribution in [0.2, 0.25) is 0 Å². The van der Waals surface area contributed by atoms with Crippen LogP contribution in [0.1, 0.15) is 47.9 Å². The predicted molar refractivity (Wildman–Crippen MR) is 234 cm³/mol. The van der Waals surface area contributed by atoms with Gasteiger partial charge in [0.2, 0.25) is 11.8 Å². The first-order valence-corrected chi connectivity index (χ1v) is 21.7. The second kappa shape index (κ2) is 19.3. The van der Waals surface area contributed by atoms with E-state index < -0.39 is 33.6 Å². The number of piperidine rings is 2. The summed E-state index contributed by atoms with van der Waals surface area (Å²) in [7, 11) is 0. The maximum absolute atomic E-state index is 13.4. The van der Waals surface area contributed by atoms with Crippen LogP contribution in [0.5, 0.6) is 11.5 Å². The number of aliphatic carboxylic acids is 2. The van der Waals surface area contributed by atoms with Crippen LogP contribution in [0, 0.1) is 32.1 Å². The van der Waals surface area contributed by atoms with Crippen LogP contribution >= 0.6 is 11.8 Å². The lowest BCUT2D eigenvalue weighted by molar-refractivity contribution is -0.387. The Labute approximate surface area is 375 Å². The van der Waals surface area contributed by atoms with Crippen molar-refractivity contribution in [1.29, 1.82) is 0 Å². The standard InChI is InChI=1S/C46H42N4O14S/c51-39(47-19-13-29(14-20-47)45(53)54)11-5-27-3-9-37(43(49(57)58)41(27)33-1-7-35-31(25-33)17-23-61-63-35)65-38-10-4-28(6-12-40(52)48-21-15-30(16-22-48)46(55)56)42(44(38)50(59)60)34-2-8-36-32(26-34)18-24-62-64-36/h1-12,25-26,29-30H,13-24H2,(H,53,54)(H,55,56). The number of nitro benzene ring substituents is 2. The van der Waals surface area contributed by atoms with Crippen LogP contribution in [0.25, 0.3) is 34.4 Å². The van der Waals surface area contributed by atoms with Crippen LogP contribution < -0.4 is 9.78 Å². The molecule has 0 saturated carbocycles. The highest BCUT2D eigenvalue weighted by molar-refractivity contribution is 7.99. The molecule has 2 amide bonds. The molecule has 0 aromatic heterocycles. The van der Waals surface area contributed by atoms with Crippen LogP contribution in [-0.4, -0.2) is 93.0 Å². The molecular weight excluding hydrogens is 865 g/mol. The number of hydrogen-bond acceptors (Lipinski definition) is 13. The summed E-state index contributed by atoms with van der Waals surface area (Å²) >= 11 is 0.822. The first kappa shape index (κ1) is 44.5. The van der Waals surface area contributed by atoms with Gasteiger partial charge in [-0.1, -0.05) is 36.0 Å². The molecule has 0 radical (unpaired) electrons. The Balaban J connectivity index is 1.21. The van der Waals surface area contributed by atoms with E-state index in [9.17, 15) is 49.6 Å². The minimum absolute atomic E-state index is 0.0646. The van der Waals surface area contributed by atoms with Gasteiger partial charge >= 0.3 is 11.9 Å². The van der Waals surface area contributed by atoms with Crippen molar-refractivity contribution in [2.45, 2.75) is 48.3 Å². The SMILES string of the molecule is O=C(O)C1CCN(C(=O)C=Cc2ccc(Sc3ccc(C=CC(=O)N4CCC(C(=O)O)CC4)c(-c4ccc5c(c4)CCOO5)c3[N+](=O)[O-])c([N+](=O)[O-])c2-c2ccc3c(c2)CCOO3)CC1. The van der Waals surface area contributed by atoms with E-state index in [1.807, 2.05) is 0 Å². The zero-order valence-corrected chi connectivity index (χ0v) is 35.5. The van der Waals surface area contributed by atoms with Crippen molar-refractivity contribution in [1.82, 2.24) is 9.80 Å². The summed E-state index contributed by atoms with van der Waals surface area (Å²) < 4.78 is 0. The van der Waals surface area contributed by atoms with E-state index in [0.29, 0.717) is 72.3 Å². The Morgan fingerprint density at radius 2 is 1.02 bits per heavy atom. The maximum Gasteiger partial charge on any atom is 0.306 e. The van der Waals surface area contributed by atoms with Crippen LogP contribution in [-0.2, 0) is 41.8 Å². The molecule has 336 valence electrons. The van der Waals surface area contributed by atoms with Gasteiger partial charge < -0.3 is 29.8 Å². The maximum atomic E-state index is 13.4. The molecule has 0 aliphatic carbocycles. The molecule has 4 heterocycles. The fraction of sp³-hybridized carbons (Fsp3) is 0.304.